The van der Waals surface area contributed by atoms with E-state index in [1.807, 2.05) is 0 Å². The summed E-state index contributed by atoms with van der Waals surface area (Å²) in [5, 5.41) is 14.0. The monoisotopic (exact) mass is 306 g/mol. The molecule has 0 bridgehead atoms. The molecule has 1 unspecified atom stereocenters. The van der Waals surface area contributed by atoms with Crippen molar-refractivity contribution in [2.24, 2.45) is 0 Å². The predicted molar refractivity (Wildman–Crippen MR) is 71.9 cm³/mol. The van der Waals surface area contributed by atoms with E-state index in [0.29, 0.717) is 0 Å². The second-order valence-electron chi connectivity index (χ2n) is 3.55. The van der Waals surface area contributed by atoms with Gasteiger partial charge in [-0.25, -0.2) is 9.59 Å². The topological polar surface area (TPSA) is 87.7 Å². The lowest BCUT2D eigenvalue weighted by atomic mass is 10.3. The molecular formula is C11H12Cl2N2O4. The van der Waals surface area contributed by atoms with Gasteiger partial charge in [0.1, 0.15) is 0 Å². The summed E-state index contributed by atoms with van der Waals surface area (Å²) in [6, 6.07) is 2.85. The summed E-state index contributed by atoms with van der Waals surface area (Å²) in [6.07, 6.45) is 0. The summed E-state index contributed by atoms with van der Waals surface area (Å²) in [5.74, 6) is -1.20. The minimum absolute atomic E-state index is 0.147. The lowest BCUT2D eigenvalue weighted by Crippen LogP contribution is -2.45. The van der Waals surface area contributed by atoms with Crippen LogP contribution < -0.4 is 10.6 Å². The van der Waals surface area contributed by atoms with Gasteiger partial charge in [0.05, 0.1) is 22.3 Å². The fourth-order valence-electron chi connectivity index (χ4n) is 1.26. The Balaban J connectivity index is 2.69. The highest BCUT2D eigenvalue weighted by molar-refractivity contribution is 6.43. The van der Waals surface area contributed by atoms with Gasteiger partial charge in [0.2, 0.25) is 0 Å². The molecule has 0 fully saturated rings. The van der Waals surface area contributed by atoms with Gasteiger partial charge in [-0.3, -0.25) is 0 Å². The van der Waals surface area contributed by atoms with Crippen LogP contribution in [0.15, 0.2) is 18.2 Å². The molecule has 0 radical (unpaired) electrons. The third-order valence-corrected chi connectivity index (χ3v) is 2.96. The number of aliphatic carboxylic acids is 1. The number of urea groups is 1. The molecule has 0 aliphatic rings. The largest absolute Gasteiger partial charge is 0.480 e. The maximum Gasteiger partial charge on any atom is 0.328 e. The number of anilines is 1. The molecule has 19 heavy (non-hydrogen) atoms. The van der Waals surface area contributed by atoms with E-state index in [0.717, 1.165) is 0 Å². The van der Waals surface area contributed by atoms with Gasteiger partial charge in [0.25, 0.3) is 0 Å². The van der Waals surface area contributed by atoms with Crippen LogP contribution in [-0.4, -0.2) is 36.9 Å². The summed E-state index contributed by atoms with van der Waals surface area (Å²) in [5.41, 5.74) is 0.285. The van der Waals surface area contributed by atoms with E-state index in [1.165, 1.54) is 7.11 Å². The summed E-state index contributed by atoms with van der Waals surface area (Å²) in [7, 11) is 1.34. The van der Waals surface area contributed by atoms with Crippen LogP contribution in [-0.2, 0) is 9.53 Å². The van der Waals surface area contributed by atoms with Crippen molar-refractivity contribution < 1.29 is 19.4 Å². The molecule has 8 heteroatoms. The van der Waals surface area contributed by atoms with E-state index in [9.17, 15) is 9.59 Å². The zero-order valence-corrected chi connectivity index (χ0v) is 11.5. The number of methoxy groups -OCH3 is 1. The van der Waals surface area contributed by atoms with Crippen molar-refractivity contribution in [1.29, 1.82) is 0 Å². The van der Waals surface area contributed by atoms with Crippen LogP contribution in [0.3, 0.4) is 0 Å². The number of carbonyl (C=O) groups excluding carboxylic acids is 1. The van der Waals surface area contributed by atoms with Crippen molar-refractivity contribution in [2.75, 3.05) is 19.0 Å². The molecule has 0 aliphatic heterocycles. The average molecular weight is 307 g/mol. The number of halogens is 2. The van der Waals surface area contributed by atoms with E-state index in [2.05, 4.69) is 15.4 Å². The molecule has 1 atom stereocenters. The van der Waals surface area contributed by atoms with Gasteiger partial charge >= 0.3 is 12.0 Å². The van der Waals surface area contributed by atoms with Crippen LogP contribution in [0.4, 0.5) is 10.5 Å². The highest BCUT2D eigenvalue weighted by Gasteiger charge is 2.20. The fraction of sp³-hybridized carbons (Fsp3) is 0.273. The Labute approximate surface area is 119 Å². The zero-order valence-electron chi connectivity index (χ0n) is 9.94. The molecule has 2 amide bonds. The second-order valence-corrected chi connectivity index (χ2v) is 4.33. The van der Waals surface area contributed by atoms with Crippen molar-refractivity contribution in [3.8, 4) is 0 Å². The minimum Gasteiger partial charge on any atom is -0.480 e. The molecule has 0 heterocycles. The number of benzene rings is 1. The van der Waals surface area contributed by atoms with Gasteiger partial charge in [0, 0.05) is 7.11 Å². The number of rotatable bonds is 5. The molecule has 104 valence electrons. The number of nitrogens with one attached hydrogen (secondary N) is 2. The molecule has 6 nitrogen and oxygen atoms in total. The smallest absolute Gasteiger partial charge is 0.328 e. The highest BCUT2D eigenvalue weighted by atomic mass is 35.5. The lowest BCUT2D eigenvalue weighted by molar-refractivity contribution is -0.140. The first kappa shape index (κ1) is 15.6. The van der Waals surface area contributed by atoms with E-state index in [1.54, 1.807) is 18.2 Å². The molecule has 0 aromatic heterocycles. The van der Waals surface area contributed by atoms with Crippen LogP contribution in [0.5, 0.6) is 0 Å². The third kappa shape index (κ3) is 4.59. The van der Waals surface area contributed by atoms with Crippen LogP contribution >= 0.6 is 23.2 Å². The van der Waals surface area contributed by atoms with Gasteiger partial charge in [0.15, 0.2) is 6.04 Å². The maximum absolute atomic E-state index is 11.6. The Hall–Kier alpha value is -1.50. The van der Waals surface area contributed by atoms with E-state index >= 15 is 0 Å². The normalized spacial score (nSPS) is 11.7. The Morgan fingerprint density at radius 2 is 2.11 bits per heavy atom. The van der Waals surface area contributed by atoms with Crippen molar-refractivity contribution in [1.82, 2.24) is 5.32 Å². The van der Waals surface area contributed by atoms with Gasteiger partial charge in [-0.15, -0.1) is 0 Å². The van der Waals surface area contributed by atoms with Gasteiger partial charge in [-0.05, 0) is 12.1 Å². The molecule has 0 spiro atoms. The number of hydrogen-bond donors (Lipinski definition) is 3. The Kier molecular flexibility index (Phi) is 5.88. The summed E-state index contributed by atoms with van der Waals surface area (Å²) in [6.45, 7) is -0.147. The van der Waals surface area contributed by atoms with Crippen LogP contribution in [0.1, 0.15) is 0 Å². The number of carboxylic acid groups (broad SMARTS) is 1. The summed E-state index contributed by atoms with van der Waals surface area (Å²) < 4.78 is 4.69. The quantitative estimate of drug-likeness (QED) is 0.778. The van der Waals surface area contributed by atoms with Gasteiger partial charge in [-0.1, -0.05) is 29.3 Å². The van der Waals surface area contributed by atoms with Gasteiger partial charge in [-0.2, -0.15) is 0 Å². The average Bonchev–Trinajstić information content (AvgIpc) is 2.34. The van der Waals surface area contributed by atoms with Crippen molar-refractivity contribution >= 4 is 40.9 Å². The number of carboxylic acids is 1. The third-order valence-electron chi connectivity index (χ3n) is 2.14. The fourth-order valence-corrected chi connectivity index (χ4v) is 1.61. The van der Waals surface area contributed by atoms with Gasteiger partial charge < -0.3 is 20.5 Å². The summed E-state index contributed by atoms with van der Waals surface area (Å²) >= 11 is 11.7. The standard InChI is InChI=1S/C11H12Cl2N2O4/c1-19-5-8(10(16)17)15-11(18)14-7-4-2-3-6(12)9(7)13/h2-4,8H,5H2,1H3,(H,16,17)(H2,14,15,18). The van der Waals surface area contributed by atoms with E-state index in [4.69, 9.17) is 28.3 Å². The Bertz CT molecular complexity index is 482. The first-order valence-electron chi connectivity index (χ1n) is 5.19. The molecular weight excluding hydrogens is 295 g/mol. The number of amides is 2. The zero-order chi connectivity index (χ0) is 14.4. The number of ether oxygens (including phenoxy) is 1. The SMILES string of the molecule is COCC(NC(=O)Nc1cccc(Cl)c1Cl)C(=O)O. The minimum atomic E-state index is -1.20. The first-order valence-corrected chi connectivity index (χ1v) is 5.94. The predicted octanol–water partition coefficient (Wildman–Crippen LogP) is 2.21. The molecule has 0 aliphatic carbocycles. The summed E-state index contributed by atoms with van der Waals surface area (Å²) in [4.78, 5) is 22.5. The molecule has 1 aromatic carbocycles. The van der Waals surface area contributed by atoms with Crippen molar-refractivity contribution in [3.05, 3.63) is 28.2 Å². The Morgan fingerprint density at radius 1 is 1.42 bits per heavy atom. The molecule has 3 N–H and O–H groups in total. The molecule has 0 saturated carbocycles. The van der Waals surface area contributed by atoms with Crippen LogP contribution in [0.25, 0.3) is 0 Å². The van der Waals surface area contributed by atoms with Crippen LogP contribution in [0, 0.1) is 0 Å². The highest BCUT2D eigenvalue weighted by Crippen LogP contribution is 2.29. The first-order chi connectivity index (χ1) is 8.95. The number of hydrogen-bond acceptors (Lipinski definition) is 3. The molecule has 1 aromatic rings. The lowest BCUT2D eigenvalue weighted by Gasteiger charge is -2.14. The van der Waals surface area contributed by atoms with Crippen molar-refractivity contribution in [3.63, 3.8) is 0 Å². The Morgan fingerprint density at radius 3 is 2.68 bits per heavy atom. The molecule has 0 saturated heterocycles. The maximum atomic E-state index is 11.6. The van der Waals surface area contributed by atoms with Crippen molar-refractivity contribution in [2.45, 2.75) is 6.04 Å². The van der Waals surface area contributed by atoms with E-state index in [-0.39, 0.29) is 22.3 Å². The second kappa shape index (κ2) is 7.18. The number of carbonyl (C=O) groups is 2. The molecule has 1 rings (SSSR count). The van der Waals surface area contributed by atoms with Crippen LogP contribution in [0.2, 0.25) is 10.0 Å². The van der Waals surface area contributed by atoms with E-state index < -0.39 is 18.0 Å².